The molecular formula is C11H12BrNO2. The molecule has 15 heavy (non-hydrogen) atoms. The Morgan fingerprint density at radius 3 is 2.60 bits per heavy atom. The van der Waals surface area contributed by atoms with Crippen LogP contribution in [0.25, 0.3) is 0 Å². The fourth-order valence-electron chi connectivity index (χ4n) is 1.09. The largest absolute Gasteiger partial charge is 0.352 e. The minimum atomic E-state index is -0.103. The second-order valence-electron chi connectivity index (χ2n) is 3.07. The van der Waals surface area contributed by atoms with Gasteiger partial charge in [0.2, 0.25) is 0 Å². The van der Waals surface area contributed by atoms with Crippen LogP contribution in [-0.2, 0) is 4.79 Å². The molecule has 0 aliphatic rings. The van der Waals surface area contributed by atoms with Crippen molar-refractivity contribution in [3.63, 3.8) is 0 Å². The Hall–Kier alpha value is -1.16. The number of amides is 1. The van der Waals surface area contributed by atoms with Crippen molar-refractivity contribution in [2.75, 3.05) is 6.54 Å². The van der Waals surface area contributed by atoms with Crippen molar-refractivity contribution < 1.29 is 9.59 Å². The van der Waals surface area contributed by atoms with E-state index in [0.717, 1.165) is 10.8 Å². The number of unbranched alkanes of at least 4 members (excludes halogenated alkanes) is 1. The summed E-state index contributed by atoms with van der Waals surface area (Å²) in [4.78, 5) is 21.5. The quantitative estimate of drug-likeness (QED) is 0.658. The molecule has 4 heteroatoms. The highest BCUT2D eigenvalue weighted by atomic mass is 79.9. The van der Waals surface area contributed by atoms with E-state index in [2.05, 4.69) is 21.2 Å². The first-order valence-corrected chi connectivity index (χ1v) is 5.50. The van der Waals surface area contributed by atoms with Gasteiger partial charge in [-0.15, -0.1) is 0 Å². The maximum absolute atomic E-state index is 11.5. The monoisotopic (exact) mass is 269 g/mol. The molecule has 3 nitrogen and oxygen atoms in total. The lowest BCUT2D eigenvalue weighted by Gasteiger charge is -2.03. The highest BCUT2D eigenvalue weighted by molar-refractivity contribution is 9.10. The van der Waals surface area contributed by atoms with Gasteiger partial charge in [-0.2, -0.15) is 0 Å². The first-order valence-electron chi connectivity index (χ1n) is 4.71. The van der Waals surface area contributed by atoms with Crippen LogP contribution in [0.4, 0.5) is 0 Å². The highest BCUT2D eigenvalue weighted by Gasteiger charge is 2.03. The molecule has 1 aromatic rings. The highest BCUT2D eigenvalue weighted by Crippen LogP contribution is 2.10. The summed E-state index contributed by atoms with van der Waals surface area (Å²) in [5, 5.41) is 2.74. The Kier molecular flexibility index (Phi) is 5.04. The molecule has 0 saturated carbocycles. The van der Waals surface area contributed by atoms with Gasteiger partial charge in [-0.05, 0) is 30.7 Å². The van der Waals surface area contributed by atoms with Gasteiger partial charge in [0.05, 0.1) is 0 Å². The van der Waals surface area contributed by atoms with Crippen LogP contribution in [0.3, 0.4) is 0 Å². The van der Waals surface area contributed by atoms with Crippen LogP contribution in [-0.4, -0.2) is 18.7 Å². The fourth-order valence-corrected chi connectivity index (χ4v) is 1.35. The Balaban J connectivity index is 2.40. The number of hydrogen-bond donors (Lipinski definition) is 1. The summed E-state index contributed by atoms with van der Waals surface area (Å²) in [5.74, 6) is -0.103. The van der Waals surface area contributed by atoms with E-state index in [1.165, 1.54) is 0 Å². The van der Waals surface area contributed by atoms with E-state index in [0.29, 0.717) is 24.9 Å². The minimum Gasteiger partial charge on any atom is -0.352 e. The standard InChI is InChI=1S/C11H12BrNO2/c12-10-5-3-9(4-6-10)11(15)13-7-1-2-8-14/h3-6,8H,1-2,7H2,(H,13,15). The van der Waals surface area contributed by atoms with Gasteiger partial charge in [-0.25, -0.2) is 0 Å². The van der Waals surface area contributed by atoms with E-state index in [1.54, 1.807) is 12.1 Å². The lowest BCUT2D eigenvalue weighted by atomic mass is 10.2. The molecule has 0 unspecified atom stereocenters. The van der Waals surface area contributed by atoms with E-state index < -0.39 is 0 Å². The summed E-state index contributed by atoms with van der Waals surface area (Å²) in [6.45, 7) is 0.535. The van der Waals surface area contributed by atoms with E-state index in [1.807, 2.05) is 12.1 Å². The molecule has 0 aromatic heterocycles. The molecule has 0 bridgehead atoms. The Morgan fingerprint density at radius 2 is 2.00 bits per heavy atom. The summed E-state index contributed by atoms with van der Waals surface area (Å²) in [7, 11) is 0. The second kappa shape index (κ2) is 6.35. The van der Waals surface area contributed by atoms with Crippen LogP contribution in [0.5, 0.6) is 0 Å². The van der Waals surface area contributed by atoms with Crippen LogP contribution in [0.15, 0.2) is 28.7 Å². The molecule has 1 aromatic carbocycles. The normalized spacial score (nSPS) is 9.67. The topological polar surface area (TPSA) is 46.2 Å². The Labute approximate surface area is 97.0 Å². The van der Waals surface area contributed by atoms with Crippen molar-refractivity contribution in [1.29, 1.82) is 0 Å². The summed E-state index contributed by atoms with van der Waals surface area (Å²) < 4.78 is 0.944. The summed E-state index contributed by atoms with van der Waals surface area (Å²) in [6, 6.07) is 7.14. The number of rotatable bonds is 5. The number of carbonyl (C=O) groups excluding carboxylic acids is 2. The SMILES string of the molecule is O=CCCCNC(=O)c1ccc(Br)cc1. The average molecular weight is 270 g/mol. The summed E-state index contributed by atoms with van der Waals surface area (Å²) in [6.07, 6.45) is 2.03. The Bertz CT molecular complexity index is 335. The first kappa shape index (κ1) is 11.9. The number of carbonyl (C=O) groups is 2. The van der Waals surface area contributed by atoms with Crippen molar-refractivity contribution in [3.05, 3.63) is 34.3 Å². The van der Waals surface area contributed by atoms with Crippen LogP contribution < -0.4 is 5.32 Å². The van der Waals surface area contributed by atoms with Crippen molar-refractivity contribution in [3.8, 4) is 0 Å². The van der Waals surface area contributed by atoms with Gasteiger partial charge >= 0.3 is 0 Å². The average Bonchev–Trinajstić information content (AvgIpc) is 2.25. The molecule has 0 atom stereocenters. The van der Waals surface area contributed by atoms with Crippen LogP contribution >= 0.6 is 15.9 Å². The smallest absolute Gasteiger partial charge is 0.251 e. The zero-order valence-corrected chi connectivity index (χ0v) is 9.79. The number of benzene rings is 1. The third-order valence-corrected chi connectivity index (χ3v) is 2.42. The van der Waals surface area contributed by atoms with Gasteiger partial charge in [0.25, 0.3) is 5.91 Å². The van der Waals surface area contributed by atoms with Crippen molar-refractivity contribution in [2.45, 2.75) is 12.8 Å². The lowest BCUT2D eigenvalue weighted by molar-refractivity contribution is -0.107. The fraction of sp³-hybridized carbons (Fsp3) is 0.273. The molecular weight excluding hydrogens is 258 g/mol. The Morgan fingerprint density at radius 1 is 1.33 bits per heavy atom. The number of halogens is 1. The zero-order valence-electron chi connectivity index (χ0n) is 8.20. The molecule has 0 aliphatic heterocycles. The number of aldehydes is 1. The second-order valence-corrected chi connectivity index (χ2v) is 3.99. The van der Waals surface area contributed by atoms with E-state index in [4.69, 9.17) is 0 Å². The first-order chi connectivity index (χ1) is 7.24. The molecule has 0 saturated heterocycles. The van der Waals surface area contributed by atoms with Gasteiger partial charge in [0.15, 0.2) is 0 Å². The predicted octanol–water partition coefficient (Wildman–Crippen LogP) is 2.16. The summed E-state index contributed by atoms with van der Waals surface area (Å²) in [5.41, 5.74) is 0.629. The third-order valence-electron chi connectivity index (χ3n) is 1.89. The minimum absolute atomic E-state index is 0.103. The number of hydrogen-bond acceptors (Lipinski definition) is 2. The zero-order chi connectivity index (χ0) is 11.1. The summed E-state index contributed by atoms with van der Waals surface area (Å²) >= 11 is 3.30. The third kappa shape index (κ3) is 4.25. The van der Waals surface area contributed by atoms with Gasteiger partial charge in [-0.1, -0.05) is 15.9 Å². The predicted molar refractivity (Wildman–Crippen MR) is 61.8 cm³/mol. The molecule has 1 rings (SSSR count). The maximum atomic E-state index is 11.5. The van der Waals surface area contributed by atoms with Gasteiger partial charge in [-0.3, -0.25) is 4.79 Å². The number of nitrogens with one attached hydrogen (secondary N) is 1. The van der Waals surface area contributed by atoms with Gasteiger partial charge < -0.3 is 10.1 Å². The molecule has 0 aliphatic carbocycles. The van der Waals surface area contributed by atoms with Crippen LogP contribution in [0.1, 0.15) is 23.2 Å². The molecule has 0 heterocycles. The maximum Gasteiger partial charge on any atom is 0.251 e. The van der Waals surface area contributed by atoms with E-state index in [-0.39, 0.29) is 5.91 Å². The van der Waals surface area contributed by atoms with Gasteiger partial charge in [0, 0.05) is 23.0 Å². The van der Waals surface area contributed by atoms with Crippen molar-refractivity contribution >= 4 is 28.1 Å². The molecule has 1 amide bonds. The molecule has 0 spiro atoms. The van der Waals surface area contributed by atoms with Gasteiger partial charge in [0.1, 0.15) is 6.29 Å². The van der Waals surface area contributed by atoms with E-state index >= 15 is 0 Å². The van der Waals surface area contributed by atoms with Crippen molar-refractivity contribution in [1.82, 2.24) is 5.32 Å². The van der Waals surface area contributed by atoms with Crippen LogP contribution in [0.2, 0.25) is 0 Å². The lowest BCUT2D eigenvalue weighted by Crippen LogP contribution is -2.24. The van der Waals surface area contributed by atoms with E-state index in [9.17, 15) is 9.59 Å². The molecule has 0 fully saturated rings. The molecule has 1 N–H and O–H groups in total. The van der Waals surface area contributed by atoms with Crippen molar-refractivity contribution in [2.24, 2.45) is 0 Å². The molecule has 80 valence electrons. The van der Waals surface area contributed by atoms with Crippen LogP contribution in [0, 0.1) is 0 Å². The molecule has 0 radical (unpaired) electrons.